The van der Waals surface area contributed by atoms with Crippen molar-refractivity contribution in [3.05, 3.63) is 11.8 Å². The first-order valence-electron chi connectivity index (χ1n) is 13.7. The summed E-state index contributed by atoms with van der Waals surface area (Å²) in [6, 6.07) is 1.34. The summed E-state index contributed by atoms with van der Waals surface area (Å²) >= 11 is 0. The molecule has 1 N–H and O–H groups in total. The van der Waals surface area contributed by atoms with E-state index in [1.165, 1.54) is 6.07 Å². The van der Waals surface area contributed by atoms with Crippen molar-refractivity contribution in [3.8, 4) is 0 Å². The number of hydrogen-bond donors (Lipinski definition) is 1. The number of rotatable bonds is 3. The summed E-state index contributed by atoms with van der Waals surface area (Å²) in [5.41, 5.74) is -1.59. The highest BCUT2D eigenvalue weighted by atomic mass is 16.6. The number of carboxylic acids is 1. The number of nitrogens with zero attached hydrogens (tertiary/aromatic N) is 6. The van der Waals surface area contributed by atoms with Crippen LogP contribution < -0.4 is 9.80 Å². The molecule has 216 valence electrons. The van der Waals surface area contributed by atoms with Crippen LogP contribution in [0.3, 0.4) is 0 Å². The van der Waals surface area contributed by atoms with Crippen LogP contribution in [-0.4, -0.2) is 105 Å². The minimum atomic E-state index is -1.13. The van der Waals surface area contributed by atoms with Crippen molar-refractivity contribution >= 4 is 29.9 Å². The maximum atomic E-state index is 12.9. The van der Waals surface area contributed by atoms with E-state index in [1.54, 1.807) is 4.90 Å². The topological polar surface area (TPSA) is 129 Å². The number of carbonyl (C=O) groups excluding carboxylic acids is 2. The zero-order valence-electron chi connectivity index (χ0n) is 24.2. The molecule has 2 saturated heterocycles. The monoisotopic (exact) mass is 546 g/mol. The number of hydrogen-bond acceptors (Lipinski definition) is 9. The van der Waals surface area contributed by atoms with Gasteiger partial charge in [-0.2, -0.15) is 4.98 Å². The van der Waals surface area contributed by atoms with E-state index in [2.05, 4.69) is 4.98 Å². The summed E-state index contributed by atoms with van der Waals surface area (Å²) < 4.78 is 11.2. The second-order valence-electron chi connectivity index (χ2n) is 12.8. The third-order valence-electron chi connectivity index (χ3n) is 7.09. The van der Waals surface area contributed by atoms with Crippen LogP contribution in [0.5, 0.6) is 0 Å². The fraction of sp³-hybridized carbons (Fsp3) is 0.741. The number of amides is 2. The molecule has 12 nitrogen and oxygen atoms in total. The number of anilines is 2. The maximum absolute atomic E-state index is 12.9. The predicted octanol–water partition coefficient (Wildman–Crippen LogP) is 3.60. The Kier molecular flexibility index (Phi) is 7.61. The first-order chi connectivity index (χ1) is 18.1. The van der Waals surface area contributed by atoms with Gasteiger partial charge in [0.2, 0.25) is 5.95 Å². The molecule has 1 aromatic heterocycles. The Morgan fingerprint density at radius 2 is 1.59 bits per heavy atom. The van der Waals surface area contributed by atoms with Crippen LogP contribution in [0, 0.1) is 0 Å². The first-order valence-corrected chi connectivity index (χ1v) is 13.7. The van der Waals surface area contributed by atoms with Crippen LogP contribution in [0.15, 0.2) is 6.07 Å². The van der Waals surface area contributed by atoms with E-state index in [0.717, 1.165) is 12.8 Å². The van der Waals surface area contributed by atoms with Gasteiger partial charge in [0.25, 0.3) is 0 Å². The molecule has 0 radical (unpaired) electrons. The molecule has 0 bridgehead atoms. The number of carbonyl (C=O) groups is 3. The van der Waals surface area contributed by atoms with Crippen molar-refractivity contribution < 1.29 is 29.0 Å². The number of piperazine rings is 1. The summed E-state index contributed by atoms with van der Waals surface area (Å²) in [6.07, 6.45) is 1.70. The van der Waals surface area contributed by atoms with Crippen LogP contribution in [0.25, 0.3) is 0 Å². The Balaban J connectivity index is 1.54. The van der Waals surface area contributed by atoms with E-state index in [4.69, 9.17) is 14.5 Å². The smallest absolute Gasteiger partial charge is 0.410 e. The Hall–Kier alpha value is -3.31. The molecule has 2 amide bonds. The maximum Gasteiger partial charge on any atom is 0.410 e. The van der Waals surface area contributed by atoms with Crippen LogP contribution in [0.4, 0.5) is 21.4 Å². The average Bonchev–Trinajstić information content (AvgIpc) is 3.59. The lowest BCUT2D eigenvalue weighted by molar-refractivity contribution is 0.0105. The van der Waals surface area contributed by atoms with E-state index < -0.39 is 17.2 Å². The molecule has 12 heteroatoms. The summed E-state index contributed by atoms with van der Waals surface area (Å²) in [7, 11) is 0. The van der Waals surface area contributed by atoms with Crippen molar-refractivity contribution in [2.45, 2.75) is 90.5 Å². The minimum absolute atomic E-state index is 0.0881. The van der Waals surface area contributed by atoms with Crippen LogP contribution in [0.2, 0.25) is 0 Å². The van der Waals surface area contributed by atoms with Gasteiger partial charge < -0.3 is 29.3 Å². The third kappa shape index (κ3) is 6.83. The molecule has 0 unspecified atom stereocenters. The Labute approximate surface area is 230 Å². The highest BCUT2D eigenvalue weighted by molar-refractivity contribution is 5.86. The van der Waals surface area contributed by atoms with Gasteiger partial charge in [-0.1, -0.05) is 0 Å². The van der Waals surface area contributed by atoms with Crippen molar-refractivity contribution in [3.63, 3.8) is 0 Å². The zero-order valence-corrected chi connectivity index (χ0v) is 24.2. The number of aromatic nitrogens is 2. The van der Waals surface area contributed by atoms with Gasteiger partial charge in [0.15, 0.2) is 5.69 Å². The molecule has 1 spiro atoms. The van der Waals surface area contributed by atoms with Crippen molar-refractivity contribution in [2.24, 2.45) is 0 Å². The first kappa shape index (κ1) is 28.7. The second-order valence-corrected chi connectivity index (χ2v) is 12.8. The van der Waals surface area contributed by atoms with Crippen molar-refractivity contribution in [1.29, 1.82) is 0 Å². The molecule has 2 aliphatic heterocycles. The molecule has 3 fully saturated rings. The average molecular weight is 547 g/mol. The molecule has 3 heterocycles. The molecule has 1 saturated carbocycles. The van der Waals surface area contributed by atoms with Crippen molar-refractivity contribution in [2.75, 3.05) is 49.1 Å². The highest BCUT2D eigenvalue weighted by Gasteiger charge is 2.54. The highest BCUT2D eigenvalue weighted by Crippen LogP contribution is 2.45. The number of ether oxygens (including phenoxy) is 2. The SMILES string of the molecule is C[C@H]1CN(C(=O)OC(C)(C)C)CCCN1c1nc(C(=O)O)cc(N2CCN(C(=O)OC(C)(C)C)C3(CC3)C2)n1. The van der Waals surface area contributed by atoms with Gasteiger partial charge in [-0.3, -0.25) is 4.90 Å². The fourth-order valence-electron chi connectivity index (χ4n) is 5.12. The molecule has 1 atom stereocenters. The van der Waals surface area contributed by atoms with Gasteiger partial charge in [-0.15, -0.1) is 0 Å². The molecule has 3 aliphatic rings. The van der Waals surface area contributed by atoms with E-state index in [0.29, 0.717) is 57.5 Å². The lowest BCUT2D eigenvalue weighted by Crippen LogP contribution is -2.58. The summed E-state index contributed by atoms with van der Waals surface area (Å²) in [5, 5.41) is 9.85. The molecular formula is C27H42N6O6. The Morgan fingerprint density at radius 3 is 2.18 bits per heavy atom. The largest absolute Gasteiger partial charge is 0.477 e. The summed E-state index contributed by atoms with van der Waals surface area (Å²) in [4.78, 5) is 54.3. The fourth-order valence-corrected chi connectivity index (χ4v) is 5.12. The molecule has 0 aromatic carbocycles. The summed E-state index contributed by atoms with van der Waals surface area (Å²) in [6.45, 7) is 16.0. The van der Waals surface area contributed by atoms with Gasteiger partial charge >= 0.3 is 18.2 Å². The minimum Gasteiger partial charge on any atom is -0.477 e. The quantitative estimate of drug-likeness (QED) is 0.600. The second kappa shape index (κ2) is 10.3. The molecular weight excluding hydrogens is 504 g/mol. The number of aromatic carboxylic acids is 1. The molecule has 1 aliphatic carbocycles. The van der Waals surface area contributed by atoms with Gasteiger partial charge in [-0.25, -0.2) is 19.4 Å². The summed E-state index contributed by atoms with van der Waals surface area (Å²) in [5.74, 6) is -0.290. The van der Waals surface area contributed by atoms with Crippen molar-refractivity contribution in [1.82, 2.24) is 19.8 Å². The molecule has 39 heavy (non-hydrogen) atoms. The number of carboxylic acid groups (broad SMARTS) is 1. The molecule has 1 aromatic rings. The molecule has 4 rings (SSSR count). The normalized spacial score (nSPS) is 21.5. The van der Waals surface area contributed by atoms with Gasteiger partial charge in [-0.05, 0) is 67.7 Å². The predicted molar refractivity (Wildman–Crippen MR) is 145 cm³/mol. The van der Waals surface area contributed by atoms with Gasteiger partial charge in [0.1, 0.15) is 17.0 Å². The Morgan fingerprint density at radius 1 is 0.949 bits per heavy atom. The zero-order chi connectivity index (χ0) is 28.8. The standard InChI is InChI=1S/C27H42N6O6/c1-18-16-30(23(36)38-25(2,3)4)11-8-12-32(18)22-28-19(21(34)35)15-20(29-22)31-13-14-33(27(17-31)9-10-27)24(37)39-26(5,6)7/h15,18H,8-14,16-17H2,1-7H3,(H,34,35)/t18-/m0/s1. The van der Waals surface area contributed by atoms with Gasteiger partial charge in [0.05, 0.1) is 5.54 Å². The van der Waals surface area contributed by atoms with Gasteiger partial charge in [0, 0.05) is 51.4 Å². The van der Waals surface area contributed by atoms with Crippen LogP contribution >= 0.6 is 0 Å². The van der Waals surface area contributed by atoms with Crippen LogP contribution in [-0.2, 0) is 9.47 Å². The van der Waals surface area contributed by atoms with E-state index in [9.17, 15) is 19.5 Å². The van der Waals surface area contributed by atoms with E-state index >= 15 is 0 Å². The van der Waals surface area contributed by atoms with Crippen LogP contribution in [0.1, 0.15) is 78.2 Å². The Bertz CT molecular complexity index is 1110. The lowest BCUT2D eigenvalue weighted by Gasteiger charge is -2.43. The van der Waals surface area contributed by atoms with E-state index in [1.807, 2.05) is 63.2 Å². The third-order valence-corrected chi connectivity index (χ3v) is 7.09. The van der Waals surface area contributed by atoms with E-state index in [-0.39, 0.29) is 29.5 Å². The lowest BCUT2D eigenvalue weighted by atomic mass is 10.1.